The third kappa shape index (κ3) is 2.13. The van der Waals surface area contributed by atoms with Crippen molar-refractivity contribution in [3.05, 3.63) is 52.0 Å². The summed E-state index contributed by atoms with van der Waals surface area (Å²) < 4.78 is 1.66. The molecule has 3 rings (SSSR count). The number of thiophene rings is 1. The molecule has 2 aromatic heterocycles. The van der Waals surface area contributed by atoms with Crippen LogP contribution in [-0.2, 0) is 0 Å². The standard InChI is InChI=1S/C14H13N3OS/c1-9-7-11(10(2)19-9)14(18)16-17-8-15-12-5-3-4-6-13(12)17/h3-8H,1-2H3,(H,16,18). The Bertz CT molecular complexity index is 757. The van der Waals surface area contributed by atoms with Crippen LogP contribution in [0.1, 0.15) is 20.1 Å². The van der Waals surface area contributed by atoms with Gasteiger partial charge in [-0.3, -0.25) is 10.2 Å². The smallest absolute Gasteiger partial charge is 0.267 e. The second-order valence-electron chi connectivity index (χ2n) is 4.37. The average Bonchev–Trinajstić information content (AvgIpc) is 2.94. The number of para-hydroxylation sites is 2. The average molecular weight is 271 g/mol. The Morgan fingerprint density at radius 2 is 2.11 bits per heavy atom. The minimum atomic E-state index is -0.106. The fraction of sp³-hybridized carbons (Fsp3) is 0.143. The summed E-state index contributed by atoms with van der Waals surface area (Å²) in [6, 6.07) is 9.60. The summed E-state index contributed by atoms with van der Waals surface area (Å²) in [5.74, 6) is -0.106. The third-order valence-corrected chi connectivity index (χ3v) is 3.93. The van der Waals surface area contributed by atoms with E-state index in [1.165, 1.54) is 0 Å². The first-order valence-electron chi connectivity index (χ1n) is 5.95. The first kappa shape index (κ1) is 11.9. The van der Waals surface area contributed by atoms with Gasteiger partial charge in [0, 0.05) is 9.75 Å². The van der Waals surface area contributed by atoms with Crippen LogP contribution >= 0.6 is 11.3 Å². The quantitative estimate of drug-likeness (QED) is 0.778. The molecule has 0 fully saturated rings. The number of carbonyl (C=O) groups is 1. The lowest BCUT2D eigenvalue weighted by molar-refractivity contribution is 0.101. The molecule has 5 heteroatoms. The van der Waals surface area contributed by atoms with Gasteiger partial charge >= 0.3 is 0 Å². The number of imidazole rings is 1. The maximum Gasteiger partial charge on any atom is 0.271 e. The largest absolute Gasteiger partial charge is 0.271 e. The van der Waals surface area contributed by atoms with E-state index in [0.29, 0.717) is 0 Å². The highest BCUT2D eigenvalue weighted by Crippen LogP contribution is 2.21. The number of amides is 1. The maximum atomic E-state index is 12.2. The van der Waals surface area contributed by atoms with Crippen molar-refractivity contribution in [3.8, 4) is 0 Å². The van der Waals surface area contributed by atoms with Crippen LogP contribution < -0.4 is 5.43 Å². The van der Waals surface area contributed by atoms with Crippen LogP contribution in [0.5, 0.6) is 0 Å². The Balaban J connectivity index is 1.93. The number of rotatable bonds is 2. The van der Waals surface area contributed by atoms with Gasteiger partial charge in [-0.1, -0.05) is 12.1 Å². The van der Waals surface area contributed by atoms with Crippen molar-refractivity contribution in [2.45, 2.75) is 13.8 Å². The van der Waals surface area contributed by atoms with Crippen LogP contribution in [0.4, 0.5) is 0 Å². The molecule has 2 heterocycles. The summed E-state index contributed by atoms with van der Waals surface area (Å²) in [6.45, 7) is 3.96. The molecule has 4 nitrogen and oxygen atoms in total. The van der Waals surface area contributed by atoms with Crippen molar-refractivity contribution >= 4 is 28.3 Å². The van der Waals surface area contributed by atoms with Crippen LogP contribution in [0.15, 0.2) is 36.7 Å². The topological polar surface area (TPSA) is 46.9 Å². The Kier molecular flexibility index (Phi) is 2.83. The zero-order valence-electron chi connectivity index (χ0n) is 10.7. The number of nitrogens with one attached hydrogen (secondary N) is 1. The molecular formula is C14H13N3OS. The van der Waals surface area contributed by atoms with E-state index in [1.54, 1.807) is 22.3 Å². The van der Waals surface area contributed by atoms with Gasteiger partial charge in [0.05, 0.1) is 16.6 Å². The summed E-state index contributed by atoms with van der Waals surface area (Å²) in [5, 5.41) is 0. The van der Waals surface area contributed by atoms with Crippen LogP contribution in [0.2, 0.25) is 0 Å². The molecule has 1 aromatic carbocycles. The second kappa shape index (κ2) is 4.51. The molecule has 0 unspecified atom stereocenters. The molecule has 0 aliphatic carbocycles. The van der Waals surface area contributed by atoms with Gasteiger partial charge in [-0.05, 0) is 32.0 Å². The van der Waals surface area contributed by atoms with Crippen molar-refractivity contribution in [2.75, 3.05) is 5.43 Å². The first-order chi connectivity index (χ1) is 9.15. The maximum absolute atomic E-state index is 12.2. The van der Waals surface area contributed by atoms with Crippen LogP contribution in [0, 0.1) is 13.8 Å². The molecule has 1 N–H and O–H groups in total. The summed E-state index contributed by atoms with van der Waals surface area (Å²) in [6.07, 6.45) is 1.62. The normalized spacial score (nSPS) is 10.8. The molecule has 0 aliphatic rings. The number of benzene rings is 1. The predicted molar refractivity (Wildman–Crippen MR) is 77.2 cm³/mol. The molecule has 0 radical (unpaired) electrons. The fourth-order valence-corrected chi connectivity index (χ4v) is 3.00. The predicted octanol–water partition coefficient (Wildman–Crippen LogP) is 3.10. The minimum Gasteiger partial charge on any atom is -0.267 e. The zero-order chi connectivity index (χ0) is 13.4. The summed E-state index contributed by atoms with van der Waals surface area (Å²) >= 11 is 1.63. The Hall–Kier alpha value is -2.14. The van der Waals surface area contributed by atoms with Gasteiger partial charge < -0.3 is 0 Å². The zero-order valence-corrected chi connectivity index (χ0v) is 11.5. The molecule has 0 saturated heterocycles. The monoisotopic (exact) mass is 271 g/mol. The van der Waals surface area contributed by atoms with E-state index in [9.17, 15) is 4.79 Å². The van der Waals surface area contributed by atoms with Gasteiger partial charge in [0.15, 0.2) is 0 Å². The van der Waals surface area contributed by atoms with E-state index in [0.717, 1.165) is 26.4 Å². The molecule has 96 valence electrons. The molecule has 0 aliphatic heterocycles. The molecule has 0 bridgehead atoms. The highest BCUT2D eigenvalue weighted by atomic mass is 32.1. The van der Waals surface area contributed by atoms with Crippen molar-refractivity contribution in [3.63, 3.8) is 0 Å². The van der Waals surface area contributed by atoms with Crippen molar-refractivity contribution in [1.29, 1.82) is 0 Å². The highest BCUT2D eigenvalue weighted by molar-refractivity contribution is 7.12. The van der Waals surface area contributed by atoms with Gasteiger partial charge in [-0.15, -0.1) is 11.3 Å². The number of nitrogens with zero attached hydrogens (tertiary/aromatic N) is 2. The Labute approximate surface area is 114 Å². The van der Waals surface area contributed by atoms with Crippen molar-refractivity contribution < 1.29 is 4.79 Å². The number of aromatic nitrogens is 2. The third-order valence-electron chi connectivity index (χ3n) is 2.96. The molecule has 19 heavy (non-hydrogen) atoms. The number of aryl methyl sites for hydroxylation is 2. The Morgan fingerprint density at radius 3 is 2.84 bits per heavy atom. The van der Waals surface area contributed by atoms with Crippen molar-refractivity contribution in [2.24, 2.45) is 0 Å². The SMILES string of the molecule is Cc1cc(C(=O)Nn2cnc3ccccc32)c(C)s1. The lowest BCUT2D eigenvalue weighted by Crippen LogP contribution is -2.22. The molecule has 1 amide bonds. The molecule has 0 saturated carbocycles. The van der Waals surface area contributed by atoms with E-state index >= 15 is 0 Å². The van der Waals surface area contributed by atoms with E-state index in [2.05, 4.69) is 10.4 Å². The molecule has 3 aromatic rings. The highest BCUT2D eigenvalue weighted by Gasteiger charge is 2.13. The Morgan fingerprint density at radius 1 is 1.32 bits per heavy atom. The molecule has 0 spiro atoms. The first-order valence-corrected chi connectivity index (χ1v) is 6.77. The van der Waals surface area contributed by atoms with Gasteiger partial charge in [0.25, 0.3) is 5.91 Å². The van der Waals surface area contributed by atoms with E-state index in [1.807, 2.05) is 44.2 Å². The summed E-state index contributed by atoms with van der Waals surface area (Å²) in [7, 11) is 0. The number of hydrogen-bond acceptors (Lipinski definition) is 3. The lowest BCUT2D eigenvalue weighted by Gasteiger charge is -2.06. The van der Waals surface area contributed by atoms with Crippen LogP contribution in [0.25, 0.3) is 11.0 Å². The van der Waals surface area contributed by atoms with E-state index in [-0.39, 0.29) is 5.91 Å². The van der Waals surface area contributed by atoms with Crippen molar-refractivity contribution in [1.82, 2.24) is 9.66 Å². The number of fused-ring (bicyclic) bond motifs is 1. The summed E-state index contributed by atoms with van der Waals surface area (Å²) in [5.41, 5.74) is 5.33. The summed E-state index contributed by atoms with van der Waals surface area (Å²) in [4.78, 5) is 18.6. The minimum absolute atomic E-state index is 0.106. The fourth-order valence-electron chi connectivity index (χ4n) is 2.07. The van der Waals surface area contributed by atoms with E-state index < -0.39 is 0 Å². The van der Waals surface area contributed by atoms with Gasteiger partial charge in [0.1, 0.15) is 6.33 Å². The number of hydrogen-bond donors (Lipinski definition) is 1. The lowest BCUT2D eigenvalue weighted by atomic mass is 10.2. The van der Waals surface area contributed by atoms with Gasteiger partial charge in [0.2, 0.25) is 0 Å². The van der Waals surface area contributed by atoms with Gasteiger partial charge in [-0.25, -0.2) is 9.66 Å². The molecular weight excluding hydrogens is 258 g/mol. The molecule has 0 atom stereocenters. The second-order valence-corrected chi connectivity index (χ2v) is 5.83. The van der Waals surface area contributed by atoms with Crippen LogP contribution in [0.3, 0.4) is 0 Å². The van der Waals surface area contributed by atoms with Crippen LogP contribution in [-0.4, -0.2) is 15.6 Å². The number of carbonyl (C=O) groups excluding carboxylic acids is 1. The van der Waals surface area contributed by atoms with Gasteiger partial charge in [-0.2, -0.15) is 0 Å². The van der Waals surface area contributed by atoms with E-state index in [4.69, 9.17) is 0 Å².